The molecule has 18 heavy (non-hydrogen) atoms. The number of pyridine rings is 1. The van der Waals surface area contributed by atoms with Gasteiger partial charge in [0.15, 0.2) is 0 Å². The zero-order valence-corrected chi connectivity index (χ0v) is 9.77. The highest BCUT2D eigenvalue weighted by Gasteiger charge is 2.10. The standard InChI is InChI=1S/C9H14N6O3/c1-11-9(16)2-3-12-7-4-6(15(17)18)5-8(13-7)14-10/h4-5H,2-3,10H2,1H3,(H,11,16)(H2,12,13,14). The summed E-state index contributed by atoms with van der Waals surface area (Å²) in [5, 5.41) is 15.9. The predicted octanol–water partition coefficient (Wildman–Crippen LogP) is -0.177. The van der Waals surface area contributed by atoms with E-state index in [1.807, 2.05) is 0 Å². The summed E-state index contributed by atoms with van der Waals surface area (Å²) in [7, 11) is 1.53. The number of carbonyl (C=O) groups is 1. The highest BCUT2D eigenvalue weighted by molar-refractivity contribution is 5.76. The van der Waals surface area contributed by atoms with E-state index in [0.29, 0.717) is 6.54 Å². The summed E-state index contributed by atoms with van der Waals surface area (Å²) in [6.45, 7) is 0.317. The van der Waals surface area contributed by atoms with Gasteiger partial charge in [-0.05, 0) is 0 Å². The van der Waals surface area contributed by atoms with E-state index in [0.717, 1.165) is 0 Å². The Labute approximate surface area is 103 Å². The second kappa shape index (κ2) is 6.35. The fourth-order valence-corrected chi connectivity index (χ4v) is 1.22. The van der Waals surface area contributed by atoms with E-state index >= 15 is 0 Å². The van der Waals surface area contributed by atoms with E-state index < -0.39 is 4.92 Å². The molecule has 1 heterocycles. The predicted molar refractivity (Wildman–Crippen MR) is 65.9 cm³/mol. The monoisotopic (exact) mass is 254 g/mol. The largest absolute Gasteiger partial charge is 0.369 e. The summed E-state index contributed by atoms with van der Waals surface area (Å²) >= 11 is 0. The first-order valence-corrected chi connectivity index (χ1v) is 5.14. The van der Waals surface area contributed by atoms with Gasteiger partial charge in [0.05, 0.1) is 17.1 Å². The van der Waals surface area contributed by atoms with Crippen molar-refractivity contribution in [2.24, 2.45) is 5.84 Å². The smallest absolute Gasteiger partial charge is 0.276 e. The molecule has 9 heteroatoms. The van der Waals surface area contributed by atoms with Crippen molar-refractivity contribution in [3.63, 3.8) is 0 Å². The lowest BCUT2D eigenvalue weighted by molar-refractivity contribution is -0.384. The maximum absolute atomic E-state index is 11.0. The van der Waals surface area contributed by atoms with Crippen LogP contribution in [0.25, 0.3) is 0 Å². The fraction of sp³-hybridized carbons (Fsp3) is 0.333. The molecule has 0 radical (unpaired) electrons. The van der Waals surface area contributed by atoms with Gasteiger partial charge in [0, 0.05) is 20.0 Å². The Balaban J connectivity index is 2.72. The molecular weight excluding hydrogens is 240 g/mol. The van der Waals surface area contributed by atoms with Gasteiger partial charge in [-0.2, -0.15) is 0 Å². The minimum Gasteiger partial charge on any atom is -0.369 e. The van der Waals surface area contributed by atoms with Crippen LogP contribution in [0.15, 0.2) is 12.1 Å². The fourth-order valence-electron chi connectivity index (χ4n) is 1.22. The van der Waals surface area contributed by atoms with Gasteiger partial charge in [0.2, 0.25) is 5.91 Å². The number of nitrogens with two attached hydrogens (primary N) is 1. The van der Waals surface area contributed by atoms with Crippen molar-refractivity contribution in [1.29, 1.82) is 0 Å². The minimum atomic E-state index is -0.549. The molecule has 0 aliphatic rings. The van der Waals surface area contributed by atoms with Crippen LogP contribution in [0.2, 0.25) is 0 Å². The van der Waals surface area contributed by atoms with Gasteiger partial charge in [-0.25, -0.2) is 10.8 Å². The van der Waals surface area contributed by atoms with Crippen molar-refractivity contribution in [2.45, 2.75) is 6.42 Å². The van der Waals surface area contributed by atoms with Gasteiger partial charge in [-0.15, -0.1) is 0 Å². The Morgan fingerprint density at radius 3 is 2.72 bits per heavy atom. The van der Waals surface area contributed by atoms with Crippen LogP contribution in [0.3, 0.4) is 0 Å². The summed E-state index contributed by atoms with van der Waals surface area (Å²) in [6.07, 6.45) is 0.242. The Kier molecular flexibility index (Phi) is 4.81. The third-order valence-electron chi connectivity index (χ3n) is 2.11. The van der Waals surface area contributed by atoms with Gasteiger partial charge in [0.25, 0.3) is 5.69 Å². The van der Waals surface area contributed by atoms with Gasteiger partial charge in [-0.3, -0.25) is 14.9 Å². The highest BCUT2D eigenvalue weighted by Crippen LogP contribution is 2.19. The zero-order chi connectivity index (χ0) is 13.5. The maximum Gasteiger partial charge on any atom is 0.276 e. The van der Waals surface area contributed by atoms with Gasteiger partial charge >= 0.3 is 0 Å². The number of nitrogens with one attached hydrogen (secondary N) is 3. The first-order chi connectivity index (χ1) is 8.56. The van der Waals surface area contributed by atoms with Gasteiger partial charge in [0.1, 0.15) is 11.6 Å². The van der Waals surface area contributed by atoms with Crippen molar-refractivity contribution >= 4 is 23.2 Å². The topological polar surface area (TPSA) is 135 Å². The van der Waals surface area contributed by atoms with Crippen molar-refractivity contribution in [3.05, 3.63) is 22.2 Å². The van der Waals surface area contributed by atoms with E-state index in [4.69, 9.17) is 5.84 Å². The third-order valence-corrected chi connectivity index (χ3v) is 2.11. The number of anilines is 2. The van der Waals surface area contributed by atoms with E-state index in [1.54, 1.807) is 0 Å². The number of hydrogen-bond acceptors (Lipinski definition) is 7. The van der Waals surface area contributed by atoms with Crippen LogP contribution in [0.4, 0.5) is 17.3 Å². The number of hydrogen-bond donors (Lipinski definition) is 4. The van der Waals surface area contributed by atoms with Crippen LogP contribution < -0.4 is 21.9 Å². The maximum atomic E-state index is 11.0. The molecule has 9 nitrogen and oxygen atoms in total. The molecule has 98 valence electrons. The number of nitrogens with zero attached hydrogens (tertiary/aromatic N) is 2. The number of amides is 1. The van der Waals surface area contributed by atoms with Crippen molar-refractivity contribution < 1.29 is 9.72 Å². The molecule has 0 unspecified atom stereocenters. The number of rotatable bonds is 6. The Hall–Kier alpha value is -2.42. The lowest BCUT2D eigenvalue weighted by Gasteiger charge is -2.07. The van der Waals surface area contributed by atoms with Crippen LogP contribution in [0.1, 0.15) is 6.42 Å². The highest BCUT2D eigenvalue weighted by atomic mass is 16.6. The quantitative estimate of drug-likeness (QED) is 0.314. The van der Waals surface area contributed by atoms with E-state index in [-0.39, 0.29) is 29.7 Å². The first kappa shape index (κ1) is 13.6. The Morgan fingerprint density at radius 2 is 2.17 bits per heavy atom. The zero-order valence-electron chi connectivity index (χ0n) is 9.77. The normalized spacial score (nSPS) is 9.67. The molecule has 0 fully saturated rings. The van der Waals surface area contributed by atoms with Crippen molar-refractivity contribution in [2.75, 3.05) is 24.3 Å². The van der Waals surface area contributed by atoms with Crippen molar-refractivity contribution in [3.8, 4) is 0 Å². The van der Waals surface area contributed by atoms with Crippen LogP contribution in [0.5, 0.6) is 0 Å². The van der Waals surface area contributed by atoms with E-state index in [2.05, 4.69) is 21.0 Å². The van der Waals surface area contributed by atoms with Crippen LogP contribution in [0, 0.1) is 10.1 Å². The Bertz CT molecular complexity index is 450. The SMILES string of the molecule is CNC(=O)CCNc1cc([N+](=O)[O-])cc(NN)n1. The molecule has 0 saturated carbocycles. The summed E-state index contributed by atoms with van der Waals surface area (Å²) in [5.41, 5.74) is 2.10. The van der Waals surface area contributed by atoms with Gasteiger partial charge in [-0.1, -0.05) is 0 Å². The van der Waals surface area contributed by atoms with Crippen LogP contribution >= 0.6 is 0 Å². The van der Waals surface area contributed by atoms with E-state index in [1.165, 1.54) is 19.2 Å². The summed E-state index contributed by atoms with van der Waals surface area (Å²) in [4.78, 5) is 25.1. The molecule has 0 spiro atoms. The summed E-state index contributed by atoms with van der Waals surface area (Å²) in [6, 6.07) is 2.48. The molecule has 0 saturated heterocycles. The number of carbonyl (C=O) groups excluding carboxylic acids is 1. The summed E-state index contributed by atoms with van der Waals surface area (Å²) in [5.74, 6) is 5.48. The second-order valence-electron chi connectivity index (χ2n) is 3.35. The molecule has 1 aromatic rings. The van der Waals surface area contributed by atoms with Gasteiger partial charge < -0.3 is 16.1 Å². The molecule has 0 atom stereocenters. The number of aromatic nitrogens is 1. The average molecular weight is 254 g/mol. The Morgan fingerprint density at radius 1 is 1.50 bits per heavy atom. The third kappa shape index (κ3) is 3.87. The lowest BCUT2D eigenvalue weighted by Crippen LogP contribution is -2.21. The second-order valence-corrected chi connectivity index (χ2v) is 3.35. The van der Waals surface area contributed by atoms with Crippen molar-refractivity contribution in [1.82, 2.24) is 10.3 Å². The molecule has 5 N–H and O–H groups in total. The summed E-state index contributed by atoms with van der Waals surface area (Å²) < 4.78 is 0. The molecular formula is C9H14N6O3. The van der Waals surface area contributed by atoms with E-state index in [9.17, 15) is 14.9 Å². The van der Waals surface area contributed by atoms with Crippen LogP contribution in [-0.4, -0.2) is 29.4 Å². The lowest BCUT2D eigenvalue weighted by atomic mass is 10.3. The molecule has 0 aromatic carbocycles. The molecule has 1 aromatic heterocycles. The minimum absolute atomic E-state index is 0.134. The number of hydrazine groups is 1. The number of nitrogen functional groups attached to an aromatic ring is 1. The first-order valence-electron chi connectivity index (χ1n) is 5.14. The molecule has 0 bridgehead atoms. The average Bonchev–Trinajstić information content (AvgIpc) is 2.37. The molecule has 1 rings (SSSR count). The van der Waals surface area contributed by atoms with Crippen LogP contribution in [-0.2, 0) is 4.79 Å². The molecule has 0 aliphatic heterocycles. The molecule has 1 amide bonds. The molecule has 0 aliphatic carbocycles. The number of nitro groups is 1.